The number of halogens is 3. The molecule has 3 aromatic rings. The molecule has 7 nitrogen and oxygen atoms in total. The lowest BCUT2D eigenvalue weighted by Gasteiger charge is -2.14. The first-order valence-electron chi connectivity index (χ1n) is 9.99. The average Bonchev–Trinajstić information content (AvgIpc) is 3.28. The molecule has 4 N–H and O–H groups in total. The van der Waals surface area contributed by atoms with E-state index in [-0.39, 0.29) is 26.7 Å². The summed E-state index contributed by atoms with van der Waals surface area (Å²) in [6, 6.07) is 6.79. The number of benzene rings is 1. The fourth-order valence-corrected chi connectivity index (χ4v) is 5.96. The number of sulfone groups is 1. The zero-order chi connectivity index (χ0) is 24.6. The molecular weight excluding hydrogens is 479 g/mol. The van der Waals surface area contributed by atoms with Gasteiger partial charge in [0.2, 0.25) is 0 Å². The Morgan fingerprint density at radius 2 is 1.97 bits per heavy atom. The zero-order valence-electron chi connectivity index (χ0n) is 17.9. The second kappa shape index (κ2) is 9.45. The number of fused-ring (bicyclic) bond motifs is 1. The Bertz CT molecular complexity index is 1300. The number of hydrogen-bond donors (Lipinski definition) is 3. The SMILES string of the molecule is CC(C)N.O=c1[nH]ccc2cc(F)c(CS(=O)(=O)c3ccc(N4C[C@@H](O)C(F)(F)C4)s3)cc12. The number of pyridine rings is 1. The molecule has 0 spiro atoms. The number of thiophene rings is 1. The first kappa shape index (κ1) is 25.2. The Morgan fingerprint density at radius 1 is 1.30 bits per heavy atom. The minimum absolute atomic E-state index is 0.112. The van der Waals surface area contributed by atoms with Crippen LogP contribution in [0.25, 0.3) is 10.8 Å². The molecular formula is C21H24F3N3O4S2. The van der Waals surface area contributed by atoms with Gasteiger partial charge in [-0.15, -0.1) is 11.3 Å². The first-order chi connectivity index (χ1) is 15.3. The van der Waals surface area contributed by atoms with Gasteiger partial charge in [-0.2, -0.15) is 0 Å². The molecule has 1 atom stereocenters. The molecule has 0 amide bonds. The summed E-state index contributed by atoms with van der Waals surface area (Å²) >= 11 is 0.775. The molecule has 0 radical (unpaired) electrons. The van der Waals surface area contributed by atoms with E-state index < -0.39 is 45.5 Å². The summed E-state index contributed by atoms with van der Waals surface area (Å²) in [5.41, 5.74) is 4.49. The minimum Gasteiger partial charge on any atom is -0.385 e. The number of aromatic amines is 1. The van der Waals surface area contributed by atoms with Gasteiger partial charge >= 0.3 is 0 Å². The second-order valence-corrected chi connectivity index (χ2v) is 11.4. The van der Waals surface area contributed by atoms with Crippen molar-refractivity contribution in [3.63, 3.8) is 0 Å². The molecule has 1 aliphatic rings. The van der Waals surface area contributed by atoms with E-state index in [1.165, 1.54) is 35.4 Å². The van der Waals surface area contributed by atoms with Gasteiger partial charge in [-0.05, 0) is 41.8 Å². The van der Waals surface area contributed by atoms with Crippen molar-refractivity contribution in [1.82, 2.24) is 4.98 Å². The Kier molecular flexibility index (Phi) is 7.22. The van der Waals surface area contributed by atoms with Crippen LogP contribution >= 0.6 is 11.3 Å². The average molecular weight is 504 g/mol. The molecule has 33 heavy (non-hydrogen) atoms. The number of hydrogen-bond acceptors (Lipinski definition) is 7. The number of nitrogens with zero attached hydrogens (tertiary/aromatic N) is 1. The van der Waals surface area contributed by atoms with E-state index in [4.69, 9.17) is 5.73 Å². The molecule has 0 unspecified atom stereocenters. The summed E-state index contributed by atoms with van der Waals surface area (Å²) < 4.78 is 66.8. The molecule has 0 bridgehead atoms. The minimum atomic E-state index is -3.98. The van der Waals surface area contributed by atoms with E-state index >= 15 is 0 Å². The zero-order valence-corrected chi connectivity index (χ0v) is 19.5. The maximum Gasteiger partial charge on any atom is 0.292 e. The highest BCUT2D eigenvalue weighted by atomic mass is 32.2. The third-order valence-electron chi connectivity index (χ3n) is 4.75. The van der Waals surface area contributed by atoms with Gasteiger partial charge in [0.1, 0.15) is 16.1 Å². The normalized spacial score (nSPS) is 17.9. The monoisotopic (exact) mass is 503 g/mol. The van der Waals surface area contributed by atoms with Gasteiger partial charge in [0.05, 0.1) is 23.8 Å². The van der Waals surface area contributed by atoms with E-state index in [1.807, 2.05) is 13.8 Å². The number of aliphatic hydroxyl groups excluding tert-OH is 1. The van der Waals surface area contributed by atoms with Crippen LogP contribution in [0.1, 0.15) is 19.4 Å². The van der Waals surface area contributed by atoms with Crippen molar-refractivity contribution in [2.24, 2.45) is 5.73 Å². The van der Waals surface area contributed by atoms with E-state index in [0.717, 1.165) is 17.4 Å². The van der Waals surface area contributed by atoms with Crippen LogP contribution in [0.3, 0.4) is 0 Å². The van der Waals surface area contributed by atoms with Gasteiger partial charge in [0, 0.05) is 17.1 Å². The number of rotatable bonds is 4. The van der Waals surface area contributed by atoms with Crippen molar-refractivity contribution >= 4 is 36.9 Å². The van der Waals surface area contributed by atoms with Gasteiger partial charge < -0.3 is 20.7 Å². The number of anilines is 1. The molecule has 1 aromatic carbocycles. The smallest absolute Gasteiger partial charge is 0.292 e. The summed E-state index contributed by atoms with van der Waals surface area (Å²) in [6.07, 6.45) is -0.457. The number of nitrogens with one attached hydrogen (secondary N) is 1. The largest absolute Gasteiger partial charge is 0.385 e. The van der Waals surface area contributed by atoms with Crippen LogP contribution in [-0.2, 0) is 15.6 Å². The standard InChI is InChI=1S/C18H15F3N2O4S2.C3H9N/c19-13-6-10-3-4-22-17(25)12(10)5-11(13)8-29(26,27)16-2-1-15(28-16)23-7-14(24)18(20,21)9-23;1-3(2)4/h1-6,14,24H,7-9H2,(H,22,25);3H,4H2,1-2H3/t14-;/m1./s1. The maximum atomic E-state index is 14.4. The van der Waals surface area contributed by atoms with Crippen molar-refractivity contribution in [2.75, 3.05) is 18.0 Å². The van der Waals surface area contributed by atoms with Crippen molar-refractivity contribution < 1.29 is 26.7 Å². The predicted molar refractivity (Wildman–Crippen MR) is 122 cm³/mol. The van der Waals surface area contributed by atoms with Gasteiger partial charge in [0.25, 0.3) is 11.5 Å². The Balaban J connectivity index is 0.000000709. The highest BCUT2D eigenvalue weighted by Crippen LogP contribution is 2.37. The Hall–Kier alpha value is -2.41. The molecule has 2 aromatic heterocycles. The lowest BCUT2D eigenvalue weighted by molar-refractivity contribution is -0.0711. The second-order valence-electron chi connectivity index (χ2n) is 8.09. The van der Waals surface area contributed by atoms with Crippen molar-refractivity contribution in [2.45, 2.75) is 41.9 Å². The summed E-state index contributed by atoms with van der Waals surface area (Å²) in [5, 5.41) is 10.2. The quantitative estimate of drug-likeness (QED) is 0.504. The number of aromatic nitrogens is 1. The molecule has 0 aliphatic carbocycles. The van der Waals surface area contributed by atoms with Gasteiger partial charge in [-0.25, -0.2) is 21.6 Å². The van der Waals surface area contributed by atoms with Gasteiger partial charge in [-0.3, -0.25) is 4.79 Å². The summed E-state index contributed by atoms with van der Waals surface area (Å²) in [6.45, 7) is 2.87. The maximum absolute atomic E-state index is 14.4. The summed E-state index contributed by atoms with van der Waals surface area (Å²) in [4.78, 5) is 15.6. The van der Waals surface area contributed by atoms with Crippen molar-refractivity contribution in [1.29, 1.82) is 0 Å². The molecule has 3 heterocycles. The number of nitrogens with two attached hydrogens (primary N) is 1. The topological polar surface area (TPSA) is 116 Å². The Labute approximate surface area is 192 Å². The molecule has 1 saturated heterocycles. The number of H-pyrrole nitrogens is 1. The predicted octanol–water partition coefficient (Wildman–Crippen LogP) is 2.87. The molecule has 12 heteroatoms. The van der Waals surface area contributed by atoms with Crippen LogP contribution < -0.4 is 16.2 Å². The lowest BCUT2D eigenvalue weighted by atomic mass is 10.1. The van der Waals surface area contributed by atoms with Crippen molar-refractivity contribution in [3.8, 4) is 0 Å². The fraction of sp³-hybridized carbons (Fsp3) is 0.381. The Morgan fingerprint density at radius 3 is 2.58 bits per heavy atom. The lowest BCUT2D eigenvalue weighted by Crippen LogP contribution is -2.31. The third kappa shape index (κ3) is 5.75. The van der Waals surface area contributed by atoms with Crippen LogP contribution in [-0.4, -0.2) is 49.7 Å². The van der Waals surface area contributed by atoms with E-state index in [1.54, 1.807) is 0 Å². The molecule has 180 valence electrons. The molecule has 1 aliphatic heterocycles. The molecule has 0 saturated carbocycles. The number of β-amino-alcohol motifs (C(OH)–C–C–N with tert-alkyl or cyclic N) is 1. The van der Waals surface area contributed by atoms with E-state index in [2.05, 4.69) is 4.98 Å². The highest BCUT2D eigenvalue weighted by molar-refractivity contribution is 7.92. The van der Waals surface area contributed by atoms with Gasteiger partial charge in [0.15, 0.2) is 9.84 Å². The summed E-state index contributed by atoms with van der Waals surface area (Å²) in [7, 11) is -3.98. The van der Waals surface area contributed by atoms with Crippen LogP contribution in [0, 0.1) is 5.82 Å². The van der Waals surface area contributed by atoms with Crippen LogP contribution in [0.5, 0.6) is 0 Å². The molecule has 4 rings (SSSR count). The van der Waals surface area contributed by atoms with E-state index in [9.17, 15) is 31.5 Å². The van der Waals surface area contributed by atoms with Crippen LogP contribution in [0.4, 0.5) is 18.2 Å². The van der Waals surface area contributed by atoms with Gasteiger partial charge in [-0.1, -0.05) is 13.8 Å². The van der Waals surface area contributed by atoms with Crippen LogP contribution in [0.15, 0.2) is 45.5 Å². The van der Waals surface area contributed by atoms with Crippen molar-refractivity contribution in [3.05, 3.63) is 58.3 Å². The van der Waals surface area contributed by atoms with Crippen LogP contribution in [0.2, 0.25) is 0 Å². The fourth-order valence-electron chi connectivity index (χ4n) is 3.22. The van der Waals surface area contributed by atoms with E-state index in [0.29, 0.717) is 11.4 Å². The molecule has 1 fully saturated rings. The first-order valence-corrected chi connectivity index (χ1v) is 12.5. The third-order valence-corrected chi connectivity index (χ3v) is 8.15. The number of alkyl halides is 2. The summed E-state index contributed by atoms with van der Waals surface area (Å²) in [5.74, 6) is -4.71. The number of aliphatic hydroxyl groups is 1. The highest BCUT2D eigenvalue weighted by Gasteiger charge is 2.47.